The molecule has 138 valence electrons. The molecule has 2 rings (SSSR count). The van der Waals surface area contributed by atoms with E-state index in [0.717, 1.165) is 0 Å². The minimum atomic E-state index is -0.644. The Hall–Kier alpha value is -2.71. The zero-order chi connectivity index (χ0) is 19.1. The Balaban J connectivity index is 1.82. The largest absolute Gasteiger partial charge is 0.346 e. The molecule has 0 bridgehead atoms. The van der Waals surface area contributed by atoms with Gasteiger partial charge >= 0.3 is 0 Å². The molecule has 7 nitrogen and oxygen atoms in total. The molecule has 1 heterocycles. The minimum Gasteiger partial charge on any atom is -0.346 e. The quantitative estimate of drug-likeness (QED) is 0.594. The van der Waals surface area contributed by atoms with Gasteiger partial charge in [-0.15, -0.1) is 11.3 Å². The van der Waals surface area contributed by atoms with Crippen LogP contribution in [-0.4, -0.2) is 30.3 Å². The minimum absolute atomic E-state index is 0.00464. The molecular weight excluding hydrogens is 352 g/mol. The van der Waals surface area contributed by atoms with Gasteiger partial charge in [-0.2, -0.15) is 0 Å². The van der Waals surface area contributed by atoms with E-state index in [1.54, 1.807) is 30.3 Å². The van der Waals surface area contributed by atoms with Crippen molar-refractivity contribution >= 4 is 40.4 Å². The summed E-state index contributed by atoms with van der Waals surface area (Å²) in [5.74, 6) is -0.901. The van der Waals surface area contributed by atoms with Crippen molar-refractivity contribution < 1.29 is 14.4 Å². The normalized spacial score (nSPS) is 11.7. The Bertz CT molecular complexity index is 757. The van der Waals surface area contributed by atoms with Crippen LogP contribution in [0.15, 0.2) is 41.8 Å². The van der Waals surface area contributed by atoms with Crippen LogP contribution in [0.25, 0.3) is 0 Å². The highest BCUT2D eigenvalue weighted by Gasteiger charge is 2.17. The van der Waals surface area contributed by atoms with Crippen molar-refractivity contribution in [3.63, 3.8) is 0 Å². The number of hydrogen-bond donors (Lipinski definition) is 4. The second-order valence-electron chi connectivity index (χ2n) is 6.04. The van der Waals surface area contributed by atoms with E-state index >= 15 is 0 Å². The molecule has 0 saturated heterocycles. The van der Waals surface area contributed by atoms with Crippen LogP contribution >= 0.6 is 11.3 Å². The smallest absolute Gasteiger partial charge is 0.265 e. The van der Waals surface area contributed by atoms with Crippen LogP contribution in [0.4, 0.5) is 11.4 Å². The van der Waals surface area contributed by atoms with Gasteiger partial charge in [0.25, 0.3) is 5.91 Å². The van der Waals surface area contributed by atoms with Gasteiger partial charge in [-0.05, 0) is 41.6 Å². The lowest BCUT2D eigenvalue weighted by molar-refractivity contribution is -0.125. The molecule has 0 fully saturated rings. The highest BCUT2D eigenvalue weighted by atomic mass is 32.1. The van der Waals surface area contributed by atoms with Gasteiger partial charge in [0, 0.05) is 11.4 Å². The fourth-order valence-corrected chi connectivity index (χ4v) is 2.65. The lowest BCUT2D eigenvalue weighted by Crippen LogP contribution is -2.46. The first-order valence-electron chi connectivity index (χ1n) is 8.15. The average Bonchev–Trinajstić information content (AvgIpc) is 3.15. The summed E-state index contributed by atoms with van der Waals surface area (Å²) in [7, 11) is 0. The van der Waals surface area contributed by atoms with Gasteiger partial charge in [-0.25, -0.2) is 0 Å². The molecule has 1 aromatic carbocycles. The summed E-state index contributed by atoms with van der Waals surface area (Å²) < 4.78 is 0. The van der Waals surface area contributed by atoms with Crippen LogP contribution in [0.3, 0.4) is 0 Å². The first kappa shape index (κ1) is 19.6. The summed E-state index contributed by atoms with van der Waals surface area (Å²) in [5, 5.41) is 9.78. The van der Waals surface area contributed by atoms with Crippen molar-refractivity contribution in [2.75, 3.05) is 17.2 Å². The van der Waals surface area contributed by atoms with E-state index in [4.69, 9.17) is 5.73 Å². The number of hydrogen-bond acceptors (Lipinski definition) is 5. The SMILES string of the molecule is CC(C)[C@H](N)C(=O)NCC(=O)Nc1ccc(NC(=O)c2cccs2)cc1. The van der Waals surface area contributed by atoms with Crippen LogP contribution in [0.1, 0.15) is 23.5 Å². The Morgan fingerprint density at radius 2 is 1.65 bits per heavy atom. The third-order valence-electron chi connectivity index (χ3n) is 3.62. The van der Waals surface area contributed by atoms with Crippen molar-refractivity contribution in [2.24, 2.45) is 11.7 Å². The molecule has 1 atom stereocenters. The highest BCUT2D eigenvalue weighted by molar-refractivity contribution is 7.12. The van der Waals surface area contributed by atoms with E-state index in [9.17, 15) is 14.4 Å². The monoisotopic (exact) mass is 374 g/mol. The summed E-state index contributed by atoms with van der Waals surface area (Å²) >= 11 is 1.36. The van der Waals surface area contributed by atoms with E-state index in [-0.39, 0.29) is 30.2 Å². The molecule has 0 aliphatic heterocycles. The molecule has 0 spiro atoms. The molecule has 26 heavy (non-hydrogen) atoms. The average molecular weight is 374 g/mol. The van der Waals surface area contributed by atoms with Gasteiger partial charge in [0.15, 0.2) is 0 Å². The molecule has 0 radical (unpaired) electrons. The fourth-order valence-electron chi connectivity index (χ4n) is 2.03. The first-order chi connectivity index (χ1) is 12.4. The second-order valence-corrected chi connectivity index (χ2v) is 6.99. The van der Waals surface area contributed by atoms with Crippen molar-refractivity contribution in [2.45, 2.75) is 19.9 Å². The Morgan fingerprint density at radius 1 is 1.04 bits per heavy atom. The number of carbonyl (C=O) groups excluding carboxylic acids is 3. The molecule has 0 aliphatic carbocycles. The molecular formula is C18H22N4O3S. The highest BCUT2D eigenvalue weighted by Crippen LogP contribution is 2.16. The Kier molecular flexibility index (Phi) is 6.88. The van der Waals surface area contributed by atoms with Gasteiger partial charge in [0.2, 0.25) is 11.8 Å². The van der Waals surface area contributed by atoms with Crippen LogP contribution in [0, 0.1) is 5.92 Å². The fraction of sp³-hybridized carbons (Fsp3) is 0.278. The lowest BCUT2D eigenvalue weighted by Gasteiger charge is -2.15. The van der Waals surface area contributed by atoms with Crippen LogP contribution in [-0.2, 0) is 9.59 Å². The van der Waals surface area contributed by atoms with Crippen LogP contribution in [0.2, 0.25) is 0 Å². The third-order valence-corrected chi connectivity index (χ3v) is 4.48. The second kappa shape index (κ2) is 9.12. The Labute approximate surface area is 156 Å². The Morgan fingerprint density at radius 3 is 2.19 bits per heavy atom. The molecule has 3 amide bonds. The van der Waals surface area contributed by atoms with Crippen molar-refractivity contribution in [3.8, 4) is 0 Å². The number of carbonyl (C=O) groups is 3. The zero-order valence-electron chi connectivity index (χ0n) is 14.6. The summed E-state index contributed by atoms with van der Waals surface area (Å²) in [6.45, 7) is 3.52. The maximum Gasteiger partial charge on any atom is 0.265 e. The standard InChI is InChI=1S/C18H22N4O3S/c1-11(2)16(19)18(25)20-10-15(23)21-12-5-7-13(8-6-12)22-17(24)14-4-3-9-26-14/h3-9,11,16H,10,19H2,1-2H3,(H,20,25)(H,21,23)(H,22,24)/t16-/m0/s1. The lowest BCUT2D eigenvalue weighted by atomic mass is 10.1. The van der Waals surface area contributed by atoms with Crippen molar-refractivity contribution in [3.05, 3.63) is 46.7 Å². The number of nitrogens with two attached hydrogens (primary N) is 1. The summed E-state index contributed by atoms with van der Waals surface area (Å²) in [6.07, 6.45) is 0. The van der Waals surface area contributed by atoms with Gasteiger partial charge in [0.05, 0.1) is 17.5 Å². The molecule has 0 aliphatic rings. The molecule has 5 N–H and O–H groups in total. The third kappa shape index (κ3) is 5.68. The molecule has 8 heteroatoms. The number of rotatable bonds is 7. The molecule has 0 unspecified atom stereocenters. The maximum absolute atomic E-state index is 12.0. The number of thiophene rings is 1. The van der Waals surface area contributed by atoms with E-state index in [2.05, 4.69) is 16.0 Å². The zero-order valence-corrected chi connectivity index (χ0v) is 15.4. The number of nitrogens with one attached hydrogen (secondary N) is 3. The van der Waals surface area contributed by atoms with E-state index in [1.165, 1.54) is 11.3 Å². The van der Waals surface area contributed by atoms with E-state index < -0.39 is 6.04 Å². The van der Waals surface area contributed by atoms with Gasteiger partial charge in [-0.1, -0.05) is 19.9 Å². The van der Waals surface area contributed by atoms with Crippen LogP contribution in [0.5, 0.6) is 0 Å². The topological polar surface area (TPSA) is 113 Å². The summed E-state index contributed by atoms with van der Waals surface area (Å²) in [4.78, 5) is 36.2. The number of benzene rings is 1. The maximum atomic E-state index is 12.0. The number of anilines is 2. The van der Waals surface area contributed by atoms with Crippen molar-refractivity contribution in [1.29, 1.82) is 0 Å². The van der Waals surface area contributed by atoms with Gasteiger partial charge < -0.3 is 21.7 Å². The first-order valence-corrected chi connectivity index (χ1v) is 9.03. The predicted octanol–water partition coefficient (Wildman–Crippen LogP) is 2.04. The van der Waals surface area contributed by atoms with E-state index in [0.29, 0.717) is 16.3 Å². The molecule has 1 aromatic heterocycles. The predicted molar refractivity (Wildman–Crippen MR) is 103 cm³/mol. The van der Waals surface area contributed by atoms with E-state index in [1.807, 2.05) is 25.3 Å². The summed E-state index contributed by atoms with van der Waals surface area (Å²) in [5.41, 5.74) is 6.90. The molecule has 2 aromatic rings. The molecule has 0 saturated carbocycles. The summed E-state index contributed by atoms with van der Waals surface area (Å²) in [6, 6.07) is 9.63. The number of amides is 3. The van der Waals surface area contributed by atoms with Gasteiger partial charge in [-0.3, -0.25) is 14.4 Å². The van der Waals surface area contributed by atoms with Crippen molar-refractivity contribution in [1.82, 2.24) is 5.32 Å². The van der Waals surface area contributed by atoms with Crippen LogP contribution < -0.4 is 21.7 Å². The van der Waals surface area contributed by atoms with Gasteiger partial charge in [0.1, 0.15) is 0 Å².